The van der Waals surface area contributed by atoms with E-state index in [0.717, 1.165) is 5.56 Å². The molecule has 6 atom stereocenters. The molecule has 2 aromatic carbocycles. The van der Waals surface area contributed by atoms with Crippen molar-refractivity contribution in [2.75, 3.05) is 6.61 Å². The van der Waals surface area contributed by atoms with E-state index in [1.165, 1.54) is 12.1 Å². The lowest BCUT2D eigenvalue weighted by Gasteiger charge is -2.40. The second-order valence-electron chi connectivity index (χ2n) is 7.47. The van der Waals surface area contributed by atoms with Crippen LogP contribution >= 0.6 is 0 Å². The topological polar surface area (TPSA) is 149 Å². The van der Waals surface area contributed by atoms with Crippen molar-refractivity contribution in [1.82, 2.24) is 0 Å². The molecule has 0 spiro atoms. The van der Waals surface area contributed by atoms with E-state index in [1.807, 2.05) is 0 Å². The Morgan fingerprint density at radius 3 is 2.37 bits per heavy atom. The summed E-state index contributed by atoms with van der Waals surface area (Å²) in [4.78, 5) is 0. The number of phenols is 2. The predicted octanol–water partition coefficient (Wildman–Crippen LogP) is 0.343. The number of hydrogen-bond donors (Lipinski definition) is 6. The van der Waals surface area contributed by atoms with Crippen molar-refractivity contribution in [2.45, 2.75) is 49.7 Å². The van der Waals surface area contributed by atoms with Crippen molar-refractivity contribution in [3.8, 4) is 23.0 Å². The van der Waals surface area contributed by atoms with Crippen molar-refractivity contribution in [2.24, 2.45) is 0 Å². The zero-order chi connectivity index (χ0) is 21.4. The first-order chi connectivity index (χ1) is 14.4. The number of aliphatic hydroxyl groups excluding tert-OH is 4. The Labute approximate surface area is 172 Å². The summed E-state index contributed by atoms with van der Waals surface area (Å²) in [6.45, 7) is -0.569. The highest BCUT2D eigenvalue weighted by molar-refractivity contribution is 5.51. The van der Waals surface area contributed by atoms with Crippen LogP contribution < -0.4 is 9.47 Å². The normalized spacial score (nSPS) is 30.9. The van der Waals surface area contributed by atoms with Gasteiger partial charge in [-0.25, -0.2) is 0 Å². The van der Waals surface area contributed by atoms with Gasteiger partial charge in [0.1, 0.15) is 53.5 Å². The number of ether oxygens (including phenoxy) is 3. The van der Waals surface area contributed by atoms with Gasteiger partial charge in [0, 0.05) is 17.7 Å². The fraction of sp³-hybridized carbons (Fsp3) is 0.429. The lowest BCUT2D eigenvalue weighted by atomic mass is 9.96. The molecule has 0 unspecified atom stereocenters. The SMILES string of the molecule is OC[C@H]1O[C@@H](Oc2cc(O)cc3c2CC[C@@H](c2ccc(O)cc2)O3)[C@H](O)[C@@H](O)[C@@H]1O. The highest BCUT2D eigenvalue weighted by atomic mass is 16.7. The van der Waals surface area contributed by atoms with Gasteiger partial charge in [0.25, 0.3) is 0 Å². The van der Waals surface area contributed by atoms with Gasteiger partial charge in [-0.05, 0) is 30.5 Å². The number of phenolic OH excluding ortho intramolecular Hbond substituents is 2. The molecule has 0 amide bonds. The highest BCUT2D eigenvalue weighted by Crippen LogP contribution is 2.43. The van der Waals surface area contributed by atoms with Crippen molar-refractivity contribution in [3.05, 3.63) is 47.5 Å². The quantitative estimate of drug-likeness (QED) is 0.412. The first-order valence-electron chi connectivity index (χ1n) is 9.66. The summed E-state index contributed by atoms with van der Waals surface area (Å²) >= 11 is 0. The zero-order valence-corrected chi connectivity index (χ0v) is 16.0. The maximum Gasteiger partial charge on any atom is 0.229 e. The number of rotatable bonds is 4. The Morgan fingerprint density at radius 1 is 0.933 bits per heavy atom. The van der Waals surface area contributed by atoms with Gasteiger partial charge in [0.2, 0.25) is 6.29 Å². The molecule has 0 radical (unpaired) electrons. The molecule has 9 heteroatoms. The van der Waals surface area contributed by atoms with Crippen LogP contribution in [0.15, 0.2) is 36.4 Å². The Bertz CT molecular complexity index is 883. The molecule has 0 aliphatic carbocycles. The number of aromatic hydroxyl groups is 2. The van der Waals surface area contributed by atoms with E-state index in [4.69, 9.17) is 14.2 Å². The van der Waals surface area contributed by atoms with Crippen LogP contribution in [0.2, 0.25) is 0 Å². The van der Waals surface area contributed by atoms with E-state index in [-0.39, 0.29) is 23.4 Å². The molecule has 1 saturated heterocycles. The molecule has 9 nitrogen and oxygen atoms in total. The van der Waals surface area contributed by atoms with Gasteiger partial charge in [-0.3, -0.25) is 0 Å². The monoisotopic (exact) mass is 420 g/mol. The third kappa shape index (κ3) is 3.90. The van der Waals surface area contributed by atoms with Gasteiger partial charge in [0.05, 0.1) is 6.61 Å². The van der Waals surface area contributed by atoms with Crippen LogP contribution in [0.1, 0.15) is 23.7 Å². The van der Waals surface area contributed by atoms with E-state index >= 15 is 0 Å². The lowest BCUT2D eigenvalue weighted by Crippen LogP contribution is -2.60. The summed E-state index contributed by atoms with van der Waals surface area (Å²) in [5.74, 6) is 0.639. The van der Waals surface area contributed by atoms with Crippen molar-refractivity contribution in [3.63, 3.8) is 0 Å². The predicted molar refractivity (Wildman–Crippen MR) is 102 cm³/mol. The highest BCUT2D eigenvalue weighted by Gasteiger charge is 2.45. The minimum absolute atomic E-state index is 0.125. The Kier molecular flexibility index (Phi) is 5.72. The largest absolute Gasteiger partial charge is 0.508 e. The molecule has 1 fully saturated rings. The minimum Gasteiger partial charge on any atom is -0.508 e. The molecule has 0 aromatic heterocycles. The molecule has 2 heterocycles. The van der Waals surface area contributed by atoms with Gasteiger partial charge in [-0.2, -0.15) is 0 Å². The number of hydrogen-bond acceptors (Lipinski definition) is 9. The summed E-state index contributed by atoms with van der Waals surface area (Å²) < 4.78 is 17.1. The van der Waals surface area contributed by atoms with Crippen LogP contribution in [0.5, 0.6) is 23.0 Å². The van der Waals surface area contributed by atoms with Crippen LogP contribution in [0.3, 0.4) is 0 Å². The third-order valence-corrected chi connectivity index (χ3v) is 5.44. The molecule has 30 heavy (non-hydrogen) atoms. The van der Waals surface area contributed by atoms with Crippen LogP contribution in [-0.2, 0) is 11.2 Å². The molecule has 0 saturated carbocycles. The van der Waals surface area contributed by atoms with Crippen LogP contribution in [0.4, 0.5) is 0 Å². The second-order valence-corrected chi connectivity index (χ2v) is 7.47. The standard InChI is InChI=1S/C21H24O9/c22-9-17-18(25)19(26)20(27)21(30-17)29-16-8-12(24)7-15-13(16)5-6-14(28-15)10-1-3-11(23)4-2-10/h1-4,7-8,14,17-27H,5-6,9H2/t14-,17+,18+,19-,20+,21+/m0/s1. The van der Waals surface area contributed by atoms with Crippen molar-refractivity contribution >= 4 is 0 Å². The Morgan fingerprint density at radius 2 is 1.67 bits per heavy atom. The Balaban J connectivity index is 1.57. The Hall–Kier alpha value is -2.56. The third-order valence-electron chi connectivity index (χ3n) is 5.44. The van der Waals surface area contributed by atoms with E-state index in [1.54, 1.807) is 24.3 Å². The van der Waals surface area contributed by atoms with E-state index in [0.29, 0.717) is 24.2 Å². The molecule has 2 aromatic rings. The number of fused-ring (bicyclic) bond motifs is 1. The number of aliphatic hydroxyl groups is 4. The van der Waals surface area contributed by atoms with Crippen LogP contribution in [0, 0.1) is 0 Å². The van der Waals surface area contributed by atoms with Gasteiger partial charge in [-0.15, -0.1) is 0 Å². The average Bonchev–Trinajstić information content (AvgIpc) is 2.74. The molecule has 2 aliphatic heterocycles. The van der Waals surface area contributed by atoms with Crippen LogP contribution in [0.25, 0.3) is 0 Å². The smallest absolute Gasteiger partial charge is 0.229 e. The fourth-order valence-electron chi connectivity index (χ4n) is 3.76. The zero-order valence-electron chi connectivity index (χ0n) is 16.0. The van der Waals surface area contributed by atoms with Crippen molar-refractivity contribution < 1.29 is 44.8 Å². The summed E-state index contributed by atoms with van der Waals surface area (Å²) in [6, 6.07) is 9.49. The van der Waals surface area contributed by atoms with Crippen molar-refractivity contribution in [1.29, 1.82) is 0 Å². The average molecular weight is 420 g/mol. The lowest BCUT2D eigenvalue weighted by molar-refractivity contribution is -0.277. The van der Waals surface area contributed by atoms with Gasteiger partial charge >= 0.3 is 0 Å². The van der Waals surface area contributed by atoms with Gasteiger partial charge < -0.3 is 44.8 Å². The summed E-state index contributed by atoms with van der Waals surface area (Å²) in [6.07, 6.45) is -6.21. The molecule has 162 valence electrons. The summed E-state index contributed by atoms with van der Waals surface area (Å²) in [7, 11) is 0. The molecular formula is C21H24O9. The minimum atomic E-state index is -1.57. The molecule has 4 rings (SSSR count). The number of benzene rings is 2. The second kappa shape index (κ2) is 8.29. The molecular weight excluding hydrogens is 396 g/mol. The maximum atomic E-state index is 10.2. The van der Waals surface area contributed by atoms with E-state index in [9.17, 15) is 30.6 Å². The van der Waals surface area contributed by atoms with Gasteiger partial charge in [-0.1, -0.05) is 12.1 Å². The first kappa shape index (κ1) is 20.7. The molecule has 2 aliphatic rings. The van der Waals surface area contributed by atoms with E-state index in [2.05, 4.69) is 0 Å². The van der Waals surface area contributed by atoms with E-state index < -0.39 is 37.3 Å². The molecule has 0 bridgehead atoms. The molecule has 6 N–H and O–H groups in total. The van der Waals surface area contributed by atoms with Crippen LogP contribution in [-0.4, -0.2) is 68.0 Å². The maximum absolute atomic E-state index is 10.2. The summed E-state index contributed by atoms with van der Waals surface area (Å²) in [5.41, 5.74) is 1.53. The first-order valence-corrected chi connectivity index (χ1v) is 9.66. The van der Waals surface area contributed by atoms with Gasteiger partial charge in [0.15, 0.2) is 0 Å². The fourth-order valence-corrected chi connectivity index (χ4v) is 3.76. The summed E-state index contributed by atoms with van der Waals surface area (Å²) in [5, 5.41) is 59.0.